The Bertz CT molecular complexity index is 983. The molecule has 0 bridgehead atoms. The van der Waals surface area contributed by atoms with Gasteiger partial charge in [0.2, 0.25) is 0 Å². The predicted molar refractivity (Wildman–Crippen MR) is 114 cm³/mol. The van der Waals surface area contributed by atoms with Crippen molar-refractivity contribution < 1.29 is 14.5 Å². The first-order valence-electron chi connectivity index (χ1n) is 9.35. The van der Waals surface area contributed by atoms with Gasteiger partial charge in [-0.1, -0.05) is 23.7 Å². The summed E-state index contributed by atoms with van der Waals surface area (Å²) in [6.45, 7) is 2.54. The lowest BCUT2D eigenvalue weighted by Gasteiger charge is -2.33. The average Bonchev–Trinajstić information content (AvgIpc) is 2.74. The van der Waals surface area contributed by atoms with Crippen LogP contribution in [0.25, 0.3) is 6.08 Å². The second kappa shape index (κ2) is 9.51. The molecule has 0 saturated carbocycles. The highest BCUT2D eigenvalue weighted by molar-refractivity contribution is 6.34. The van der Waals surface area contributed by atoms with Gasteiger partial charge in [0.15, 0.2) is 0 Å². The Morgan fingerprint density at radius 1 is 1.07 bits per heavy atom. The van der Waals surface area contributed by atoms with Crippen LogP contribution >= 0.6 is 11.6 Å². The fourth-order valence-electron chi connectivity index (χ4n) is 3.03. The van der Waals surface area contributed by atoms with Crippen LogP contribution < -0.4 is 5.32 Å². The van der Waals surface area contributed by atoms with Crippen molar-refractivity contribution in [3.05, 3.63) is 80.5 Å². The summed E-state index contributed by atoms with van der Waals surface area (Å²) in [6.07, 6.45) is 1.51. The summed E-state index contributed by atoms with van der Waals surface area (Å²) in [7, 11) is 1.98. The van der Waals surface area contributed by atoms with Gasteiger partial charge in [0.25, 0.3) is 17.5 Å². The van der Waals surface area contributed by atoms with Crippen molar-refractivity contribution in [1.29, 1.82) is 0 Å². The zero-order valence-corrected chi connectivity index (χ0v) is 17.1. The summed E-state index contributed by atoms with van der Waals surface area (Å²) in [6, 6.07) is 12.3. The molecule has 8 nitrogen and oxygen atoms in total. The topological polar surface area (TPSA) is 95.8 Å². The summed E-state index contributed by atoms with van der Waals surface area (Å²) in [5.41, 5.74) is 0.829. The van der Waals surface area contributed by atoms with Crippen LogP contribution in [0.4, 0.5) is 5.69 Å². The Hall–Kier alpha value is -3.23. The maximum atomic E-state index is 13.1. The highest BCUT2D eigenvalue weighted by atomic mass is 35.5. The summed E-state index contributed by atoms with van der Waals surface area (Å²) in [4.78, 5) is 40.0. The third-order valence-corrected chi connectivity index (χ3v) is 5.13. The number of nitrogens with zero attached hydrogens (tertiary/aromatic N) is 3. The van der Waals surface area contributed by atoms with Gasteiger partial charge >= 0.3 is 0 Å². The zero-order chi connectivity index (χ0) is 21.7. The van der Waals surface area contributed by atoms with Crippen molar-refractivity contribution in [2.75, 3.05) is 33.2 Å². The molecule has 1 N–H and O–H groups in total. The van der Waals surface area contributed by atoms with Gasteiger partial charge in [-0.3, -0.25) is 19.7 Å². The maximum Gasteiger partial charge on any atom is 0.270 e. The van der Waals surface area contributed by atoms with E-state index in [1.807, 2.05) is 7.05 Å². The molecule has 2 aromatic carbocycles. The Labute approximate surface area is 178 Å². The van der Waals surface area contributed by atoms with Gasteiger partial charge in [-0.05, 0) is 43.0 Å². The number of nitro groups is 1. The van der Waals surface area contributed by atoms with E-state index in [1.165, 1.54) is 30.3 Å². The lowest BCUT2D eigenvalue weighted by Crippen LogP contribution is -2.49. The first kappa shape index (κ1) is 21.5. The molecule has 0 aliphatic carbocycles. The molecule has 1 fully saturated rings. The van der Waals surface area contributed by atoms with Gasteiger partial charge in [0, 0.05) is 38.3 Å². The lowest BCUT2D eigenvalue weighted by molar-refractivity contribution is -0.384. The van der Waals surface area contributed by atoms with Crippen LogP contribution in [0, 0.1) is 10.1 Å². The molecule has 30 heavy (non-hydrogen) atoms. The number of likely N-dealkylation sites (N-methyl/N-ethyl adjacent to an activating group) is 1. The van der Waals surface area contributed by atoms with Crippen molar-refractivity contribution in [3.8, 4) is 0 Å². The zero-order valence-electron chi connectivity index (χ0n) is 16.4. The van der Waals surface area contributed by atoms with Crippen LogP contribution in [0.1, 0.15) is 15.9 Å². The predicted octanol–water partition coefficient (Wildman–Crippen LogP) is 2.79. The Balaban J connectivity index is 1.89. The summed E-state index contributed by atoms with van der Waals surface area (Å²) >= 11 is 6.11. The number of non-ortho nitro benzene ring substituents is 1. The monoisotopic (exact) mass is 428 g/mol. The van der Waals surface area contributed by atoms with E-state index in [0.717, 1.165) is 13.1 Å². The van der Waals surface area contributed by atoms with Crippen LogP contribution in [-0.2, 0) is 4.79 Å². The van der Waals surface area contributed by atoms with E-state index in [9.17, 15) is 19.7 Å². The number of rotatable bonds is 5. The number of carbonyl (C=O) groups is 2. The van der Waals surface area contributed by atoms with E-state index in [-0.39, 0.29) is 27.9 Å². The van der Waals surface area contributed by atoms with Crippen molar-refractivity contribution in [2.24, 2.45) is 0 Å². The molecular formula is C21H21ClN4O4. The summed E-state index contributed by atoms with van der Waals surface area (Å²) < 4.78 is 0. The minimum absolute atomic E-state index is 0.0563. The highest BCUT2D eigenvalue weighted by Crippen LogP contribution is 2.18. The van der Waals surface area contributed by atoms with E-state index in [1.54, 1.807) is 29.2 Å². The van der Waals surface area contributed by atoms with Crippen molar-refractivity contribution in [3.63, 3.8) is 0 Å². The quantitative estimate of drug-likeness (QED) is 0.449. The summed E-state index contributed by atoms with van der Waals surface area (Å²) in [5, 5.41) is 13.8. The Morgan fingerprint density at radius 3 is 2.30 bits per heavy atom. The van der Waals surface area contributed by atoms with Crippen molar-refractivity contribution >= 4 is 35.2 Å². The average molecular weight is 429 g/mol. The third kappa shape index (κ3) is 5.22. The molecule has 1 aliphatic rings. The fourth-order valence-corrected chi connectivity index (χ4v) is 3.25. The molecule has 156 valence electrons. The minimum Gasteiger partial charge on any atom is -0.335 e. The number of hydrogen-bond acceptors (Lipinski definition) is 5. The van der Waals surface area contributed by atoms with Crippen LogP contribution in [0.5, 0.6) is 0 Å². The SMILES string of the molecule is CN1CCN(C(=O)/C(=C/c2ccc([N+](=O)[O-])cc2)NC(=O)c2ccccc2Cl)CC1. The number of halogens is 1. The molecule has 3 rings (SSSR count). The van der Waals surface area contributed by atoms with Crippen LogP contribution in [-0.4, -0.2) is 59.8 Å². The molecule has 0 radical (unpaired) electrons. The highest BCUT2D eigenvalue weighted by Gasteiger charge is 2.24. The van der Waals surface area contributed by atoms with Gasteiger partial charge in [-0.15, -0.1) is 0 Å². The van der Waals surface area contributed by atoms with E-state index >= 15 is 0 Å². The molecule has 0 atom stereocenters. The molecule has 0 aromatic heterocycles. The molecule has 2 amide bonds. The number of nitrogens with one attached hydrogen (secondary N) is 1. The second-order valence-electron chi connectivity index (χ2n) is 6.94. The first-order chi connectivity index (χ1) is 14.3. The standard InChI is InChI=1S/C21H21ClN4O4/c1-24-10-12-25(13-11-24)21(28)19(14-15-6-8-16(9-7-15)26(29)30)23-20(27)17-4-2-3-5-18(17)22/h2-9,14H,10-13H2,1H3,(H,23,27)/b19-14-. The third-order valence-electron chi connectivity index (χ3n) is 4.80. The number of amides is 2. The normalized spacial score (nSPS) is 15.0. The first-order valence-corrected chi connectivity index (χ1v) is 9.73. The van der Waals surface area contributed by atoms with Crippen LogP contribution in [0.15, 0.2) is 54.2 Å². The fraction of sp³-hybridized carbons (Fsp3) is 0.238. The maximum absolute atomic E-state index is 13.1. The summed E-state index contributed by atoms with van der Waals surface area (Å²) in [5.74, 6) is -0.821. The van der Waals surface area contributed by atoms with Crippen LogP contribution in [0.3, 0.4) is 0 Å². The molecule has 0 unspecified atom stereocenters. The second-order valence-corrected chi connectivity index (χ2v) is 7.34. The number of nitro benzene ring substituents is 1. The molecule has 9 heteroatoms. The Morgan fingerprint density at radius 2 is 1.70 bits per heavy atom. The van der Waals surface area contributed by atoms with Gasteiger partial charge in [-0.2, -0.15) is 0 Å². The van der Waals surface area contributed by atoms with Crippen LogP contribution in [0.2, 0.25) is 5.02 Å². The minimum atomic E-state index is -0.503. The molecule has 2 aromatic rings. The van der Waals surface area contributed by atoms with Crippen molar-refractivity contribution in [1.82, 2.24) is 15.1 Å². The Kier molecular flexibility index (Phi) is 6.81. The van der Waals surface area contributed by atoms with Gasteiger partial charge in [-0.25, -0.2) is 0 Å². The van der Waals surface area contributed by atoms with E-state index in [2.05, 4.69) is 10.2 Å². The smallest absolute Gasteiger partial charge is 0.270 e. The van der Waals surface area contributed by atoms with E-state index in [0.29, 0.717) is 18.7 Å². The number of hydrogen-bond donors (Lipinski definition) is 1. The van der Waals surface area contributed by atoms with E-state index < -0.39 is 10.8 Å². The largest absolute Gasteiger partial charge is 0.335 e. The molecular weight excluding hydrogens is 408 g/mol. The van der Waals surface area contributed by atoms with E-state index in [4.69, 9.17) is 11.6 Å². The molecule has 1 heterocycles. The van der Waals surface area contributed by atoms with Gasteiger partial charge in [0.1, 0.15) is 5.70 Å². The lowest BCUT2D eigenvalue weighted by atomic mass is 10.1. The number of carbonyl (C=O) groups excluding carboxylic acids is 2. The number of benzene rings is 2. The molecule has 1 saturated heterocycles. The van der Waals surface area contributed by atoms with Gasteiger partial charge in [0.05, 0.1) is 15.5 Å². The molecule has 1 aliphatic heterocycles. The van der Waals surface area contributed by atoms with Crippen molar-refractivity contribution in [2.45, 2.75) is 0 Å². The molecule has 0 spiro atoms. The van der Waals surface area contributed by atoms with Gasteiger partial charge < -0.3 is 15.1 Å². The number of piperazine rings is 1.